The molecule has 0 radical (unpaired) electrons. The Labute approximate surface area is 163 Å². The zero-order valence-electron chi connectivity index (χ0n) is 15.9. The van der Waals surface area contributed by atoms with Crippen LogP contribution in [0.3, 0.4) is 0 Å². The molecule has 0 bridgehead atoms. The lowest BCUT2D eigenvalue weighted by Gasteiger charge is -2.42. The van der Waals surface area contributed by atoms with Gasteiger partial charge in [-0.1, -0.05) is 26.0 Å². The quantitative estimate of drug-likeness (QED) is 0.884. The molecule has 1 atom stereocenters. The van der Waals surface area contributed by atoms with E-state index in [2.05, 4.69) is 0 Å². The van der Waals surface area contributed by atoms with Crippen LogP contribution in [-0.4, -0.2) is 17.6 Å². The van der Waals surface area contributed by atoms with Gasteiger partial charge in [0.2, 0.25) is 5.91 Å². The molecular weight excluding hydrogens is 356 g/mol. The van der Waals surface area contributed by atoms with Gasteiger partial charge in [-0.3, -0.25) is 19.3 Å². The van der Waals surface area contributed by atoms with Crippen molar-refractivity contribution in [3.8, 4) is 0 Å². The van der Waals surface area contributed by atoms with Crippen molar-refractivity contribution in [2.45, 2.75) is 39.0 Å². The number of nitrogens with two attached hydrogens (primary N) is 1. The van der Waals surface area contributed by atoms with Crippen molar-refractivity contribution >= 4 is 23.3 Å². The van der Waals surface area contributed by atoms with Crippen molar-refractivity contribution in [2.24, 2.45) is 11.1 Å². The average molecular weight is 378 g/mol. The summed E-state index contributed by atoms with van der Waals surface area (Å²) in [5.41, 5.74) is 7.19. The van der Waals surface area contributed by atoms with Gasteiger partial charge in [0.1, 0.15) is 5.76 Å². The summed E-state index contributed by atoms with van der Waals surface area (Å²) in [6.45, 7) is 4.02. The molecule has 4 rings (SSSR count). The zero-order chi connectivity index (χ0) is 20.1. The molecule has 1 aromatic heterocycles. The lowest BCUT2D eigenvalue weighted by atomic mass is 9.70. The summed E-state index contributed by atoms with van der Waals surface area (Å²) in [5, 5.41) is 0. The van der Waals surface area contributed by atoms with Crippen molar-refractivity contribution in [2.75, 3.05) is 4.90 Å². The van der Waals surface area contributed by atoms with Crippen LogP contribution in [0.2, 0.25) is 0 Å². The average Bonchev–Trinajstić information content (AvgIpc) is 3.14. The van der Waals surface area contributed by atoms with Gasteiger partial charge in [0.05, 0.1) is 23.4 Å². The van der Waals surface area contributed by atoms with Crippen LogP contribution in [0, 0.1) is 5.41 Å². The number of allylic oxidation sites excluding steroid dienone is 2. The third-order valence-corrected chi connectivity index (χ3v) is 5.44. The van der Waals surface area contributed by atoms with Gasteiger partial charge in [-0.2, -0.15) is 0 Å². The summed E-state index contributed by atoms with van der Waals surface area (Å²) in [6.07, 6.45) is 2.60. The second-order valence-electron chi connectivity index (χ2n) is 8.18. The maximum absolute atomic E-state index is 13.2. The molecule has 1 unspecified atom stereocenters. The summed E-state index contributed by atoms with van der Waals surface area (Å²) in [6, 6.07) is 10.3. The number of hydrogen-bond donors (Lipinski definition) is 1. The van der Waals surface area contributed by atoms with Crippen molar-refractivity contribution in [3.63, 3.8) is 0 Å². The molecule has 1 aliphatic heterocycles. The Balaban J connectivity index is 1.94. The van der Waals surface area contributed by atoms with Crippen LogP contribution in [0.25, 0.3) is 0 Å². The Morgan fingerprint density at radius 3 is 2.57 bits per heavy atom. The predicted octanol–water partition coefficient (Wildman–Crippen LogP) is 3.54. The highest BCUT2D eigenvalue weighted by Crippen LogP contribution is 2.48. The highest BCUT2D eigenvalue weighted by molar-refractivity contribution is 6.10. The lowest BCUT2D eigenvalue weighted by Crippen LogP contribution is -2.44. The third-order valence-electron chi connectivity index (χ3n) is 5.44. The standard InChI is InChI=1S/C22H22N2O4/c1-22(2)11-16-20(17(25)12-22)14(18-8-5-9-28-18)10-19(26)24(16)15-7-4-3-6-13(15)21(23)27/h3-9,14H,10-12H2,1-2H3,(H2,23,27). The Morgan fingerprint density at radius 2 is 1.89 bits per heavy atom. The molecule has 0 saturated heterocycles. The Kier molecular flexibility index (Phi) is 4.22. The summed E-state index contributed by atoms with van der Waals surface area (Å²) < 4.78 is 5.54. The van der Waals surface area contributed by atoms with E-state index in [1.807, 2.05) is 13.8 Å². The Bertz CT molecular complexity index is 1000. The number of amides is 2. The van der Waals surface area contributed by atoms with Crippen molar-refractivity contribution in [1.29, 1.82) is 0 Å². The smallest absolute Gasteiger partial charge is 0.250 e. The van der Waals surface area contributed by atoms with Crippen LogP contribution in [0.1, 0.15) is 55.1 Å². The summed E-state index contributed by atoms with van der Waals surface area (Å²) in [4.78, 5) is 39.8. The molecule has 2 aromatic rings. The molecule has 2 amide bonds. The fraction of sp³-hybridized carbons (Fsp3) is 0.318. The van der Waals surface area contributed by atoms with E-state index in [9.17, 15) is 14.4 Å². The summed E-state index contributed by atoms with van der Waals surface area (Å²) >= 11 is 0. The topological polar surface area (TPSA) is 93.6 Å². The fourth-order valence-corrected chi connectivity index (χ4v) is 4.30. The molecule has 1 aromatic carbocycles. The number of ketones is 1. The number of anilines is 1. The summed E-state index contributed by atoms with van der Waals surface area (Å²) in [7, 11) is 0. The van der Waals surface area contributed by atoms with E-state index in [1.165, 1.54) is 4.90 Å². The minimum Gasteiger partial charge on any atom is -0.469 e. The highest BCUT2D eigenvalue weighted by Gasteiger charge is 2.45. The minimum absolute atomic E-state index is 0.0155. The molecule has 6 heteroatoms. The van der Waals surface area contributed by atoms with E-state index in [0.29, 0.717) is 35.6 Å². The molecule has 28 heavy (non-hydrogen) atoms. The molecule has 0 fully saturated rings. The van der Waals surface area contributed by atoms with Crippen LogP contribution < -0.4 is 10.6 Å². The second-order valence-corrected chi connectivity index (χ2v) is 8.18. The van der Waals surface area contributed by atoms with Crippen LogP contribution in [-0.2, 0) is 9.59 Å². The largest absolute Gasteiger partial charge is 0.469 e. The number of benzene rings is 1. The maximum Gasteiger partial charge on any atom is 0.250 e. The van der Waals surface area contributed by atoms with Gasteiger partial charge in [0.25, 0.3) is 5.91 Å². The third kappa shape index (κ3) is 2.95. The monoisotopic (exact) mass is 378 g/mol. The normalized spacial score (nSPS) is 21.6. The van der Waals surface area contributed by atoms with Crippen LogP contribution in [0.15, 0.2) is 58.3 Å². The maximum atomic E-state index is 13.2. The molecule has 0 spiro atoms. The first-order valence-electron chi connectivity index (χ1n) is 9.30. The predicted molar refractivity (Wildman–Crippen MR) is 104 cm³/mol. The van der Waals surface area contributed by atoms with Gasteiger partial charge in [-0.05, 0) is 36.1 Å². The van der Waals surface area contributed by atoms with Gasteiger partial charge in [0.15, 0.2) is 5.78 Å². The number of carbonyl (C=O) groups is 3. The van der Waals surface area contributed by atoms with E-state index >= 15 is 0 Å². The molecule has 2 heterocycles. The minimum atomic E-state index is -0.611. The first kappa shape index (κ1) is 18.2. The van der Waals surface area contributed by atoms with Gasteiger partial charge in [-0.15, -0.1) is 0 Å². The van der Waals surface area contributed by atoms with E-state index < -0.39 is 11.8 Å². The van der Waals surface area contributed by atoms with Crippen LogP contribution in [0.4, 0.5) is 5.69 Å². The first-order chi connectivity index (χ1) is 13.3. The Hall–Kier alpha value is -3.15. The molecule has 144 valence electrons. The number of furan rings is 1. The van der Waals surface area contributed by atoms with E-state index in [1.54, 1.807) is 42.7 Å². The van der Waals surface area contributed by atoms with Gasteiger partial charge >= 0.3 is 0 Å². The van der Waals surface area contributed by atoms with E-state index in [-0.39, 0.29) is 29.1 Å². The molecule has 2 aliphatic rings. The van der Waals surface area contributed by atoms with Crippen molar-refractivity contribution in [3.05, 3.63) is 65.3 Å². The van der Waals surface area contributed by atoms with E-state index in [4.69, 9.17) is 10.2 Å². The Morgan fingerprint density at radius 1 is 1.14 bits per heavy atom. The molecular formula is C22H22N2O4. The van der Waals surface area contributed by atoms with E-state index in [0.717, 1.165) is 0 Å². The fourth-order valence-electron chi connectivity index (χ4n) is 4.30. The highest BCUT2D eigenvalue weighted by atomic mass is 16.3. The number of carbonyl (C=O) groups excluding carboxylic acids is 3. The van der Waals surface area contributed by atoms with Crippen LogP contribution in [0.5, 0.6) is 0 Å². The second kappa shape index (κ2) is 6.48. The number of para-hydroxylation sites is 1. The van der Waals surface area contributed by atoms with Gasteiger partial charge in [0, 0.05) is 24.1 Å². The van der Waals surface area contributed by atoms with Crippen molar-refractivity contribution in [1.82, 2.24) is 0 Å². The summed E-state index contributed by atoms with van der Waals surface area (Å²) in [5.74, 6) is -0.573. The molecule has 0 saturated carbocycles. The molecule has 1 aliphatic carbocycles. The number of Topliss-reactive ketones (excluding diaryl/α,β-unsaturated/α-hetero) is 1. The number of hydrogen-bond acceptors (Lipinski definition) is 4. The first-order valence-corrected chi connectivity index (χ1v) is 9.30. The van der Waals surface area contributed by atoms with Gasteiger partial charge < -0.3 is 10.2 Å². The zero-order valence-corrected chi connectivity index (χ0v) is 15.9. The van der Waals surface area contributed by atoms with Crippen molar-refractivity contribution < 1.29 is 18.8 Å². The molecule has 2 N–H and O–H groups in total. The lowest BCUT2D eigenvalue weighted by molar-refractivity contribution is -0.121. The van der Waals surface area contributed by atoms with Crippen LogP contribution >= 0.6 is 0 Å². The number of primary amides is 1. The SMILES string of the molecule is CC1(C)CC(=O)C2=C(C1)N(c1ccccc1C(N)=O)C(=O)CC2c1ccco1. The number of nitrogens with zero attached hydrogens (tertiary/aromatic N) is 1. The molecule has 6 nitrogen and oxygen atoms in total. The van der Waals surface area contributed by atoms with Gasteiger partial charge in [-0.25, -0.2) is 0 Å². The number of rotatable bonds is 3.